The topological polar surface area (TPSA) is 49.8 Å². The van der Waals surface area contributed by atoms with Crippen molar-refractivity contribution >= 4 is 11.7 Å². The number of benzene rings is 2. The molecule has 1 atom stereocenters. The number of nitrogens with zero attached hydrogens (tertiary/aromatic N) is 1. The molecule has 2 aromatic rings. The summed E-state index contributed by atoms with van der Waals surface area (Å²) < 4.78 is 5.41. The Hall–Kier alpha value is -2.33. The largest absolute Gasteiger partial charge is 0.481 e. The summed E-state index contributed by atoms with van der Waals surface area (Å²) in [4.78, 5) is 14.2. The third-order valence-electron chi connectivity index (χ3n) is 5.01. The van der Waals surface area contributed by atoms with Crippen molar-refractivity contribution in [1.82, 2.24) is 0 Å². The fourth-order valence-corrected chi connectivity index (χ4v) is 3.49. The van der Waals surface area contributed by atoms with E-state index < -0.39 is 11.4 Å². The highest BCUT2D eigenvalue weighted by Crippen LogP contribution is 2.41. The minimum atomic E-state index is -0.901. The number of ether oxygens (including phenoxy) is 1. The number of carboxylic acids is 1. The van der Waals surface area contributed by atoms with Crippen molar-refractivity contribution in [2.45, 2.75) is 19.8 Å². The van der Waals surface area contributed by atoms with Crippen LogP contribution in [0, 0.1) is 5.41 Å². The van der Waals surface area contributed by atoms with Crippen LogP contribution in [0.4, 0.5) is 5.69 Å². The molecule has 25 heavy (non-hydrogen) atoms. The summed E-state index contributed by atoms with van der Waals surface area (Å²) in [5.74, 6) is -0.997. The minimum absolute atomic E-state index is 0.204. The third-order valence-corrected chi connectivity index (χ3v) is 5.01. The van der Waals surface area contributed by atoms with Gasteiger partial charge in [0, 0.05) is 24.7 Å². The Morgan fingerprint density at radius 3 is 2.12 bits per heavy atom. The van der Waals surface area contributed by atoms with Crippen molar-refractivity contribution < 1.29 is 14.6 Å². The molecule has 1 unspecified atom stereocenters. The summed E-state index contributed by atoms with van der Waals surface area (Å²) in [6, 6.07) is 18.2. The van der Waals surface area contributed by atoms with E-state index in [2.05, 4.69) is 29.2 Å². The van der Waals surface area contributed by atoms with Crippen molar-refractivity contribution in [2.75, 3.05) is 31.2 Å². The lowest BCUT2D eigenvalue weighted by Crippen LogP contribution is -2.36. The second kappa shape index (κ2) is 7.28. The second-order valence-corrected chi connectivity index (χ2v) is 7.06. The maximum Gasteiger partial charge on any atom is 0.310 e. The first kappa shape index (κ1) is 17.5. The number of hydrogen-bond acceptors (Lipinski definition) is 3. The van der Waals surface area contributed by atoms with Crippen molar-refractivity contribution in [3.8, 4) is 0 Å². The van der Waals surface area contributed by atoms with Crippen LogP contribution < -0.4 is 4.90 Å². The van der Waals surface area contributed by atoms with E-state index in [1.165, 1.54) is 0 Å². The summed E-state index contributed by atoms with van der Waals surface area (Å²) >= 11 is 0. The van der Waals surface area contributed by atoms with Gasteiger partial charge in [0.25, 0.3) is 0 Å². The monoisotopic (exact) mass is 339 g/mol. The molecule has 0 spiro atoms. The van der Waals surface area contributed by atoms with Crippen LogP contribution in [-0.4, -0.2) is 37.4 Å². The van der Waals surface area contributed by atoms with Crippen LogP contribution in [0.2, 0.25) is 0 Å². The van der Waals surface area contributed by atoms with E-state index in [4.69, 9.17) is 4.74 Å². The number of rotatable bonds is 5. The van der Waals surface area contributed by atoms with Gasteiger partial charge in [0.1, 0.15) is 0 Å². The SMILES string of the molecule is CC(C)(C(=O)O)C(c1ccccc1)c1ccc(N2CCOCC2)cc1. The van der Waals surface area contributed by atoms with Crippen LogP contribution in [0.25, 0.3) is 0 Å². The molecule has 4 nitrogen and oxygen atoms in total. The summed E-state index contributed by atoms with van der Waals surface area (Å²) in [7, 11) is 0. The molecule has 132 valence electrons. The molecule has 1 aliphatic rings. The Morgan fingerprint density at radius 2 is 1.56 bits per heavy atom. The van der Waals surface area contributed by atoms with Gasteiger partial charge >= 0.3 is 5.97 Å². The first-order chi connectivity index (χ1) is 12.0. The Bertz CT molecular complexity index is 704. The standard InChI is InChI=1S/C21H25NO3/c1-21(2,20(23)24)19(16-6-4-3-5-7-16)17-8-10-18(11-9-17)22-12-14-25-15-13-22/h3-11,19H,12-15H2,1-2H3,(H,23,24). The molecule has 0 radical (unpaired) electrons. The predicted octanol–water partition coefficient (Wildman–Crippen LogP) is 3.77. The zero-order chi connectivity index (χ0) is 17.9. The Morgan fingerprint density at radius 1 is 1.00 bits per heavy atom. The van der Waals surface area contributed by atoms with E-state index in [0.717, 1.165) is 43.1 Å². The lowest BCUT2D eigenvalue weighted by molar-refractivity contribution is -0.147. The first-order valence-corrected chi connectivity index (χ1v) is 8.71. The normalized spacial score (nSPS) is 16.5. The van der Waals surface area contributed by atoms with Crippen LogP contribution in [0.1, 0.15) is 30.9 Å². The molecule has 0 aliphatic carbocycles. The van der Waals surface area contributed by atoms with Crippen LogP contribution >= 0.6 is 0 Å². The number of anilines is 1. The maximum absolute atomic E-state index is 11.9. The quantitative estimate of drug-likeness (QED) is 0.901. The fraction of sp³-hybridized carbons (Fsp3) is 0.381. The Labute approximate surface area is 149 Å². The molecule has 0 aromatic heterocycles. The molecule has 1 fully saturated rings. The third kappa shape index (κ3) is 3.69. The van der Waals surface area contributed by atoms with Gasteiger partial charge in [0.2, 0.25) is 0 Å². The van der Waals surface area contributed by atoms with Crippen molar-refractivity contribution in [2.24, 2.45) is 5.41 Å². The van der Waals surface area contributed by atoms with Gasteiger partial charge in [0.15, 0.2) is 0 Å². The van der Waals surface area contributed by atoms with Gasteiger partial charge in [-0.1, -0.05) is 42.5 Å². The maximum atomic E-state index is 11.9. The van der Waals surface area contributed by atoms with Gasteiger partial charge in [-0.15, -0.1) is 0 Å². The van der Waals surface area contributed by atoms with Gasteiger partial charge < -0.3 is 14.7 Å². The highest BCUT2D eigenvalue weighted by atomic mass is 16.5. The van der Waals surface area contributed by atoms with Gasteiger partial charge in [-0.3, -0.25) is 4.79 Å². The predicted molar refractivity (Wildman–Crippen MR) is 99.2 cm³/mol. The molecule has 1 heterocycles. The highest BCUT2D eigenvalue weighted by molar-refractivity contribution is 5.76. The smallest absolute Gasteiger partial charge is 0.310 e. The van der Waals surface area contributed by atoms with E-state index in [1.54, 1.807) is 13.8 Å². The van der Waals surface area contributed by atoms with Crippen LogP contribution in [-0.2, 0) is 9.53 Å². The molecule has 1 N–H and O–H groups in total. The molecule has 0 amide bonds. The molecule has 1 aliphatic heterocycles. The summed E-state index contributed by atoms with van der Waals surface area (Å²) in [5.41, 5.74) is 2.30. The van der Waals surface area contributed by atoms with Crippen molar-refractivity contribution in [3.05, 3.63) is 65.7 Å². The van der Waals surface area contributed by atoms with Gasteiger partial charge in [-0.25, -0.2) is 0 Å². The molecule has 0 saturated carbocycles. The molecular weight excluding hydrogens is 314 g/mol. The molecule has 0 bridgehead atoms. The van der Waals surface area contributed by atoms with Crippen molar-refractivity contribution in [3.63, 3.8) is 0 Å². The Kier molecular flexibility index (Phi) is 5.09. The van der Waals surface area contributed by atoms with Crippen LogP contribution in [0.3, 0.4) is 0 Å². The fourth-order valence-electron chi connectivity index (χ4n) is 3.49. The summed E-state index contributed by atoms with van der Waals surface area (Å²) in [6.45, 7) is 6.87. The highest BCUT2D eigenvalue weighted by Gasteiger charge is 2.38. The summed E-state index contributed by atoms with van der Waals surface area (Å²) in [5, 5.41) is 9.77. The number of carbonyl (C=O) groups is 1. The average Bonchev–Trinajstić information content (AvgIpc) is 2.64. The van der Waals surface area contributed by atoms with Crippen molar-refractivity contribution in [1.29, 1.82) is 0 Å². The van der Waals surface area contributed by atoms with Crippen LogP contribution in [0.5, 0.6) is 0 Å². The Balaban J connectivity index is 1.95. The lowest BCUT2D eigenvalue weighted by Gasteiger charge is -2.32. The molecule has 1 saturated heterocycles. The number of aliphatic carboxylic acids is 1. The van der Waals surface area contributed by atoms with E-state index in [-0.39, 0.29) is 5.92 Å². The molecule has 2 aromatic carbocycles. The number of carboxylic acid groups (broad SMARTS) is 1. The van der Waals surface area contributed by atoms with E-state index >= 15 is 0 Å². The molecular formula is C21H25NO3. The first-order valence-electron chi connectivity index (χ1n) is 8.71. The van der Waals surface area contributed by atoms with E-state index in [1.807, 2.05) is 30.3 Å². The zero-order valence-electron chi connectivity index (χ0n) is 14.8. The van der Waals surface area contributed by atoms with Gasteiger partial charge in [-0.2, -0.15) is 0 Å². The van der Waals surface area contributed by atoms with Gasteiger partial charge in [0.05, 0.1) is 18.6 Å². The van der Waals surface area contributed by atoms with Crippen LogP contribution in [0.15, 0.2) is 54.6 Å². The number of morpholine rings is 1. The molecule has 3 rings (SSSR count). The second-order valence-electron chi connectivity index (χ2n) is 7.06. The molecule has 4 heteroatoms. The van der Waals surface area contributed by atoms with Gasteiger partial charge in [-0.05, 0) is 37.1 Å². The zero-order valence-corrected chi connectivity index (χ0v) is 14.8. The minimum Gasteiger partial charge on any atom is -0.481 e. The summed E-state index contributed by atoms with van der Waals surface area (Å²) in [6.07, 6.45) is 0. The van der Waals surface area contributed by atoms with E-state index in [0.29, 0.717) is 0 Å². The lowest BCUT2D eigenvalue weighted by atomic mass is 9.71. The average molecular weight is 339 g/mol. The van der Waals surface area contributed by atoms with E-state index in [9.17, 15) is 9.90 Å². The number of hydrogen-bond donors (Lipinski definition) is 1.